The van der Waals surface area contributed by atoms with Gasteiger partial charge in [0, 0.05) is 13.1 Å². The molecule has 0 saturated heterocycles. The lowest BCUT2D eigenvalue weighted by Gasteiger charge is -2.22. The van der Waals surface area contributed by atoms with E-state index in [1.165, 1.54) is 6.92 Å². The molecule has 2 N–H and O–H groups in total. The summed E-state index contributed by atoms with van der Waals surface area (Å²) in [7, 11) is 0. The van der Waals surface area contributed by atoms with Crippen LogP contribution >= 0.6 is 0 Å². The zero-order valence-electron chi connectivity index (χ0n) is 10.7. The second-order valence-corrected chi connectivity index (χ2v) is 4.17. The van der Waals surface area contributed by atoms with Crippen molar-refractivity contribution >= 4 is 5.91 Å². The molecule has 0 saturated carbocycles. The zero-order valence-corrected chi connectivity index (χ0v) is 10.7. The fourth-order valence-electron chi connectivity index (χ4n) is 1.80. The van der Waals surface area contributed by atoms with Crippen molar-refractivity contribution in [2.45, 2.75) is 26.1 Å². The minimum Gasteiger partial charge on any atom is -0.334 e. The molecule has 6 heteroatoms. The van der Waals surface area contributed by atoms with Gasteiger partial charge in [-0.15, -0.1) is 0 Å². The molecule has 3 nitrogen and oxygen atoms in total. The van der Waals surface area contributed by atoms with Crippen molar-refractivity contribution in [3.05, 3.63) is 35.4 Å². The van der Waals surface area contributed by atoms with Crippen molar-refractivity contribution in [1.82, 2.24) is 4.90 Å². The van der Waals surface area contributed by atoms with E-state index in [9.17, 15) is 18.0 Å². The van der Waals surface area contributed by atoms with E-state index in [1.54, 1.807) is 24.3 Å². The summed E-state index contributed by atoms with van der Waals surface area (Å²) >= 11 is 0. The van der Waals surface area contributed by atoms with E-state index >= 15 is 0 Å². The molecular formula is C13H17F3N2O. The van der Waals surface area contributed by atoms with Gasteiger partial charge in [0.1, 0.15) is 6.54 Å². The van der Waals surface area contributed by atoms with Crippen molar-refractivity contribution < 1.29 is 18.0 Å². The van der Waals surface area contributed by atoms with Crippen LogP contribution in [-0.2, 0) is 17.8 Å². The van der Waals surface area contributed by atoms with Crippen LogP contribution in [0.5, 0.6) is 0 Å². The minimum absolute atomic E-state index is 0.0309. The highest BCUT2D eigenvalue weighted by atomic mass is 19.4. The van der Waals surface area contributed by atoms with E-state index in [1.807, 2.05) is 0 Å². The number of benzene rings is 1. The van der Waals surface area contributed by atoms with Crippen LogP contribution < -0.4 is 5.73 Å². The van der Waals surface area contributed by atoms with Gasteiger partial charge in [0.25, 0.3) is 0 Å². The molecule has 0 unspecified atom stereocenters. The monoisotopic (exact) mass is 274 g/mol. The van der Waals surface area contributed by atoms with Crippen molar-refractivity contribution in [1.29, 1.82) is 0 Å². The number of nitrogens with zero attached hydrogens (tertiary/aromatic N) is 1. The number of alkyl halides is 3. The Morgan fingerprint density at radius 1 is 1.26 bits per heavy atom. The van der Waals surface area contributed by atoms with E-state index in [4.69, 9.17) is 5.73 Å². The molecule has 0 atom stereocenters. The molecule has 0 aliphatic heterocycles. The third kappa shape index (κ3) is 4.90. The molecule has 0 heterocycles. The number of amides is 1. The molecule has 0 fully saturated rings. The van der Waals surface area contributed by atoms with Crippen LogP contribution in [-0.4, -0.2) is 30.1 Å². The van der Waals surface area contributed by atoms with Gasteiger partial charge in [0.05, 0.1) is 6.42 Å². The fraction of sp³-hybridized carbons (Fsp3) is 0.462. The molecule has 0 aromatic heterocycles. The van der Waals surface area contributed by atoms with Gasteiger partial charge in [-0.1, -0.05) is 24.3 Å². The maximum atomic E-state index is 12.3. The van der Waals surface area contributed by atoms with Gasteiger partial charge >= 0.3 is 6.18 Å². The summed E-state index contributed by atoms with van der Waals surface area (Å²) in [4.78, 5) is 12.7. The number of nitrogens with two attached hydrogens (primary N) is 1. The van der Waals surface area contributed by atoms with Crippen LogP contribution in [0.3, 0.4) is 0 Å². The van der Waals surface area contributed by atoms with E-state index in [-0.39, 0.29) is 19.5 Å². The first kappa shape index (κ1) is 15.5. The minimum atomic E-state index is -4.38. The Morgan fingerprint density at radius 3 is 2.32 bits per heavy atom. The molecule has 0 spiro atoms. The largest absolute Gasteiger partial charge is 0.406 e. The Labute approximate surface area is 110 Å². The Bertz CT molecular complexity index is 432. The highest BCUT2D eigenvalue weighted by Crippen LogP contribution is 2.17. The maximum Gasteiger partial charge on any atom is 0.406 e. The number of carbonyl (C=O) groups is 1. The summed E-state index contributed by atoms with van der Waals surface area (Å²) in [6, 6.07) is 7.00. The summed E-state index contributed by atoms with van der Waals surface area (Å²) in [6.45, 7) is 0.601. The fourth-order valence-corrected chi connectivity index (χ4v) is 1.80. The van der Waals surface area contributed by atoms with Crippen LogP contribution in [0.25, 0.3) is 0 Å². The van der Waals surface area contributed by atoms with Gasteiger partial charge in [0.2, 0.25) is 5.91 Å². The summed E-state index contributed by atoms with van der Waals surface area (Å²) in [5.74, 6) is -0.541. The average Bonchev–Trinajstić information content (AvgIpc) is 2.35. The molecule has 1 aromatic carbocycles. The molecule has 1 aromatic rings. The standard InChI is InChI=1S/C13H17F3N2O/c1-2-18(9-13(14,15)16)12(19)7-10-5-3-4-6-11(10)8-17/h3-6H,2,7-9,17H2,1H3. The highest BCUT2D eigenvalue weighted by molar-refractivity contribution is 5.79. The molecule has 19 heavy (non-hydrogen) atoms. The summed E-state index contributed by atoms with van der Waals surface area (Å²) in [5, 5.41) is 0. The molecule has 106 valence electrons. The molecule has 0 aliphatic carbocycles. The molecule has 0 aliphatic rings. The molecule has 1 amide bonds. The van der Waals surface area contributed by atoms with Crippen LogP contribution in [0.4, 0.5) is 13.2 Å². The summed E-state index contributed by atoms with van der Waals surface area (Å²) in [5.41, 5.74) is 6.99. The third-order valence-corrected chi connectivity index (χ3v) is 2.78. The second kappa shape index (κ2) is 6.56. The Hall–Kier alpha value is -1.56. The number of rotatable bonds is 5. The number of carbonyl (C=O) groups excluding carboxylic acids is 1. The van der Waals surface area contributed by atoms with Gasteiger partial charge in [0.15, 0.2) is 0 Å². The van der Waals surface area contributed by atoms with E-state index < -0.39 is 18.6 Å². The van der Waals surface area contributed by atoms with Crippen molar-refractivity contribution in [3.63, 3.8) is 0 Å². The van der Waals surface area contributed by atoms with Gasteiger partial charge in [-0.05, 0) is 18.1 Å². The first-order valence-corrected chi connectivity index (χ1v) is 5.98. The van der Waals surface area contributed by atoms with Crippen LogP contribution in [0, 0.1) is 0 Å². The number of likely N-dealkylation sites (N-methyl/N-ethyl adjacent to an activating group) is 1. The number of hydrogen-bond donors (Lipinski definition) is 1. The Morgan fingerprint density at radius 2 is 1.84 bits per heavy atom. The third-order valence-electron chi connectivity index (χ3n) is 2.78. The molecule has 1 rings (SSSR count). The van der Waals surface area contributed by atoms with Gasteiger partial charge in [-0.25, -0.2) is 0 Å². The predicted octanol–water partition coefficient (Wildman–Crippen LogP) is 2.10. The number of hydrogen-bond acceptors (Lipinski definition) is 2. The number of halogens is 3. The van der Waals surface area contributed by atoms with E-state index in [2.05, 4.69) is 0 Å². The quantitative estimate of drug-likeness (QED) is 0.893. The van der Waals surface area contributed by atoms with Crippen LogP contribution in [0.2, 0.25) is 0 Å². The average molecular weight is 274 g/mol. The predicted molar refractivity (Wildman–Crippen MR) is 66.3 cm³/mol. The molecule has 0 radical (unpaired) electrons. The van der Waals surface area contributed by atoms with Gasteiger partial charge in [-0.2, -0.15) is 13.2 Å². The van der Waals surface area contributed by atoms with Gasteiger partial charge < -0.3 is 10.6 Å². The molecule has 0 bridgehead atoms. The first-order valence-electron chi connectivity index (χ1n) is 5.98. The van der Waals surface area contributed by atoms with E-state index in [0.29, 0.717) is 5.56 Å². The highest BCUT2D eigenvalue weighted by Gasteiger charge is 2.32. The van der Waals surface area contributed by atoms with Crippen molar-refractivity contribution in [3.8, 4) is 0 Å². The van der Waals surface area contributed by atoms with E-state index in [0.717, 1.165) is 10.5 Å². The molecular weight excluding hydrogens is 257 g/mol. The lowest BCUT2D eigenvalue weighted by molar-refractivity contribution is -0.160. The van der Waals surface area contributed by atoms with Crippen LogP contribution in [0.1, 0.15) is 18.1 Å². The second-order valence-electron chi connectivity index (χ2n) is 4.17. The zero-order chi connectivity index (χ0) is 14.5. The first-order chi connectivity index (χ1) is 8.87. The van der Waals surface area contributed by atoms with Crippen molar-refractivity contribution in [2.24, 2.45) is 5.73 Å². The lowest BCUT2D eigenvalue weighted by Crippen LogP contribution is -2.39. The normalized spacial score (nSPS) is 11.4. The summed E-state index contributed by atoms with van der Waals surface area (Å²) in [6.07, 6.45) is -4.43. The Balaban J connectivity index is 2.77. The summed E-state index contributed by atoms with van der Waals surface area (Å²) < 4.78 is 37.0. The lowest BCUT2D eigenvalue weighted by atomic mass is 10.0. The Kier molecular flexibility index (Phi) is 5.35. The smallest absolute Gasteiger partial charge is 0.334 e. The van der Waals surface area contributed by atoms with Crippen molar-refractivity contribution in [2.75, 3.05) is 13.1 Å². The topological polar surface area (TPSA) is 46.3 Å². The maximum absolute atomic E-state index is 12.3. The van der Waals surface area contributed by atoms with Crippen LogP contribution in [0.15, 0.2) is 24.3 Å². The van der Waals surface area contributed by atoms with Gasteiger partial charge in [-0.3, -0.25) is 4.79 Å². The SMILES string of the molecule is CCN(CC(F)(F)F)C(=O)Cc1ccccc1CN.